The predicted molar refractivity (Wildman–Crippen MR) is 73.8 cm³/mol. The second-order valence-corrected chi connectivity index (χ2v) is 5.49. The van der Waals surface area contributed by atoms with Crippen LogP contribution in [0.2, 0.25) is 0 Å². The molecule has 4 nitrogen and oxygen atoms in total. The van der Waals surface area contributed by atoms with Gasteiger partial charge in [0.1, 0.15) is 22.8 Å². The van der Waals surface area contributed by atoms with Crippen LogP contribution in [-0.4, -0.2) is 16.6 Å². The number of furan rings is 1. The molecule has 5 heteroatoms. The fraction of sp³-hybridized carbons (Fsp3) is 0.400. The Morgan fingerprint density at radius 1 is 1.45 bits per heavy atom. The molecule has 0 bridgehead atoms. The average Bonchev–Trinajstić information content (AvgIpc) is 2.65. The monoisotopic (exact) mass is 279 g/mol. The molecule has 0 aliphatic heterocycles. The first-order chi connectivity index (χ1) is 9.20. The minimum atomic E-state index is -1.46. The van der Waals surface area contributed by atoms with Crippen molar-refractivity contribution in [2.75, 3.05) is 0 Å². The minimum absolute atomic E-state index is 0.332. The summed E-state index contributed by atoms with van der Waals surface area (Å²) in [5.41, 5.74) is -0.105. The Morgan fingerprint density at radius 2 is 2.10 bits per heavy atom. The van der Waals surface area contributed by atoms with E-state index in [1.165, 1.54) is 26.0 Å². The van der Waals surface area contributed by atoms with Crippen molar-refractivity contribution in [2.24, 2.45) is 0 Å². The summed E-state index contributed by atoms with van der Waals surface area (Å²) in [7, 11) is 0. The maximum atomic E-state index is 13.2. The van der Waals surface area contributed by atoms with E-state index in [9.17, 15) is 14.3 Å². The number of amides is 1. The number of aryl methyl sites for hydroxylation is 1. The van der Waals surface area contributed by atoms with E-state index >= 15 is 0 Å². The molecular weight excluding hydrogens is 261 g/mol. The lowest BCUT2D eigenvalue weighted by Crippen LogP contribution is -2.43. The van der Waals surface area contributed by atoms with Crippen molar-refractivity contribution in [1.29, 1.82) is 0 Å². The van der Waals surface area contributed by atoms with Gasteiger partial charge < -0.3 is 14.8 Å². The van der Waals surface area contributed by atoms with Gasteiger partial charge >= 0.3 is 0 Å². The largest absolute Gasteiger partial charge is 0.459 e. The topological polar surface area (TPSA) is 62.5 Å². The minimum Gasteiger partial charge on any atom is -0.459 e. The quantitative estimate of drug-likeness (QED) is 0.908. The van der Waals surface area contributed by atoms with E-state index in [1.54, 1.807) is 13.0 Å². The molecule has 1 heterocycles. The molecule has 108 valence electrons. The van der Waals surface area contributed by atoms with E-state index in [2.05, 4.69) is 5.32 Å². The third-order valence-electron chi connectivity index (χ3n) is 3.23. The van der Waals surface area contributed by atoms with Crippen LogP contribution in [0.25, 0.3) is 11.0 Å². The molecule has 0 unspecified atom stereocenters. The van der Waals surface area contributed by atoms with Crippen molar-refractivity contribution >= 4 is 16.9 Å². The Balaban J connectivity index is 2.33. The lowest BCUT2D eigenvalue weighted by Gasteiger charge is -2.20. The van der Waals surface area contributed by atoms with Gasteiger partial charge in [-0.3, -0.25) is 4.79 Å². The van der Waals surface area contributed by atoms with Gasteiger partial charge in [-0.25, -0.2) is 4.39 Å². The van der Waals surface area contributed by atoms with Crippen molar-refractivity contribution in [2.45, 2.75) is 39.3 Å². The van der Waals surface area contributed by atoms with Crippen LogP contribution < -0.4 is 5.32 Å². The Labute approximate surface area is 116 Å². The summed E-state index contributed by atoms with van der Waals surface area (Å²) >= 11 is 0. The predicted octanol–water partition coefficient (Wildman–Crippen LogP) is 2.83. The third-order valence-corrected chi connectivity index (χ3v) is 3.23. The fourth-order valence-corrected chi connectivity index (χ4v) is 2.06. The van der Waals surface area contributed by atoms with Crippen molar-refractivity contribution in [3.8, 4) is 0 Å². The molecular formula is C15H18FNO3. The summed E-state index contributed by atoms with van der Waals surface area (Å²) in [6.07, 6.45) is 0. The van der Waals surface area contributed by atoms with Crippen LogP contribution in [-0.2, 0) is 4.79 Å². The van der Waals surface area contributed by atoms with Gasteiger partial charge in [0.25, 0.3) is 5.91 Å². The van der Waals surface area contributed by atoms with Crippen LogP contribution in [0.3, 0.4) is 0 Å². The lowest BCUT2D eigenvalue weighted by molar-refractivity contribution is -0.137. The first kappa shape index (κ1) is 14.5. The third kappa shape index (κ3) is 2.67. The number of aliphatic hydroxyl groups is 1. The number of nitrogens with one attached hydrogen (secondary N) is 1. The van der Waals surface area contributed by atoms with E-state index in [1.807, 2.05) is 6.92 Å². The van der Waals surface area contributed by atoms with Crippen LogP contribution in [0.15, 0.2) is 22.6 Å². The number of rotatable bonds is 3. The molecule has 0 saturated heterocycles. The molecule has 0 radical (unpaired) electrons. The second kappa shape index (κ2) is 4.90. The molecule has 1 amide bonds. The summed E-state index contributed by atoms with van der Waals surface area (Å²) in [5, 5.41) is 13.0. The molecule has 20 heavy (non-hydrogen) atoms. The van der Waals surface area contributed by atoms with E-state index in [0.29, 0.717) is 16.7 Å². The molecule has 2 N–H and O–H groups in total. The Bertz CT molecular complexity index is 655. The summed E-state index contributed by atoms with van der Waals surface area (Å²) < 4.78 is 18.9. The molecule has 1 aromatic heterocycles. The van der Waals surface area contributed by atoms with Crippen LogP contribution in [0.4, 0.5) is 4.39 Å². The Hall–Kier alpha value is -1.88. The van der Waals surface area contributed by atoms with Gasteiger partial charge in [-0.2, -0.15) is 0 Å². The maximum Gasteiger partial charge on any atom is 0.251 e. The molecule has 0 aliphatic carbocycles. The number of hydrogen-bond acceptors (Lipinski definition) is 3. The lowest BCUT2D eigenvalue weighted by atomic mass is 10.1. The summed E-state index contributed by atoms with van der Waals surface area (Å²) in [6.45, 7) is 6.39. The van der Waals surface area contributed by atoms with Gasteiger partial charge in [0, 0.05) is 10.9 Å². The average molecular weight is 279 g/mol. The molecule has 1 atom stereocenters. The summed E-state index contributed by atoms with van der Waals surface area (Å²) in [5.74, 6) is -0.264. The van der Waals surface area contributed by atoms with E-state index in [0.717, 1.165) is 5.56 Å². The first-order valence-electron chi connectivity index (χ1n) is 6.42. The van der Waals surface area contributed by atoms with Crippen molar-refractivity contribution in [1.82, 2.24) is 5.32 Å². The smallest absolute Gasteiger partial charge is 0.251 e. The van der Waals surface area contributed by atoms with Crippen molar-refractivity contribution < 1.29 is 18.7 Å². The molecule has 0 spiro atoms. The Morgan fingerprint density at radius 3 is 2.70 bits per heavy atom. The molecule has 2 aromatic rings. The highest BCUT2D eigenvalue weighted by Gasteiger charge is 2.27. The zero-order valence-electron chi connectivity index (χ0n) is 12.0. The van der Waals surface area contributed by atoms with Crippen molar-refractivity contribution in [3.05, 3.63) is 35.3 Å². The van der Waals surface area contributed by atoms with Crippen LogP contribution in [0, 0.1) is 12.7 Å². The number of carbonyl (C=O) groups excluding carboxylic acids is 1. The standard InChI is InChI=1S/C15H18FNO3/c1-8-11-7-10(16)5-6-12(11)20-13(8)9(2)17-14(18)15(3,4)19/h5-7,9,19H,1-4H3,(H,17,18)/t9-/m0/s1. The van der Waals surface area contributed by atoms with Gasteiger partial charge in [0.15, 0.2) is 0 Å². The molecule has 0 saturated carbocycles. The van der Waals surface area contributed by atoms with Crippen LogP contribution in [0.1, 0.15) is 38.1 Å². The van der Waals surface area contributed by atoms with Crippen molar-refractivity contribution in [3.63, 3.8) is 0 Å². The van der Waals surface area contributed by atoms with E-state index in [4.69, 9.17) is 4.42 Å². The van der Waals surface area contributed by atoms with Crippen LogP contribution >= 0.6 is 0 Å². The Kier molecular flexibility index (Phi) is 3.56. The van der Waals surface area contributed by atoms with Gasteiger partial charge in [-0.1, -0.05) is 0 Å². The number of hydrogen-bond donors (Lipinski definition) is 2. The highest BCUT2D eigenvalue weighted by atomic mass is 19.1. The van der Waals surface area contributed by atoms with Gasteiger partial charge in [-0.05, 0) is 45.9 Å². The SMILES string of the molecule is Cc1c([C@H](C)NC(=O)C(C)(C)O)oc2ccc(F)cc12. The van der Waals surface area contributed by atoms with E-state index in [-0.39, 0.29) is 5.82 Å². The first-order valence-corrected chi connectivity index (χ1v) is 6.42. The molecule has 0 fully saturated rings. The molecule has 1 aromatic carbocycles. The van der Waals surface area contributed by atoms with Gasteiger partial charge in [0.05, 0.1) is 6.04 Å². The normalized spacial score (nSPS) is 13.5. The van der Waals surface area contributed by atoms with E-state index < -0.39 is 17.6 Å². The highest BCUT2D eigenvalue weighted by Crippen LogP contribution is 2.30. The number of carbonyl (C=O) groups is 1. The van der Waals surface area contributed by atoms with Gasteiger partial charge in [0.2, 0.25) is 0 Å². The molecule has 2 rings (SSSR count). The zero-order chi connectivity index (χ0) is 15.1. The molecule has 0 aliphatic rings. The number of halogens is 1. The zero-order valence-corrected chi connectivity index (χ0v) is 12.0. The summed E-state index contributed by atoms with van der Waals surface area (Å²) in [4.78, 5) is 11.8. The second-order valence-electron chi connectivity index (χ2n) is 5.49. The highest BCUT2D eigenvalue weighted by molar-refractivity contribution is 5.85. The summed E-state index contributed by atoms with van der Waals surface area (Å²) in [6, 6.07) is 3.88. The van der Waals surface area contributed by atoms with Gasteiger partial charge in [-0.15, -0.1) is 0 Å². The van der Waals surface area contributed by atoms with Crippen LogP contribution in [0.5, 0.6) is 0 Å². The number of fused-ring (bicyclic) bond motifs is 1. The number of benzene rings is 1. The fourth-order valence-electron chi connectivity index (χ4n) is 2.06. The maximum absolute atomic E-state index is 13.2.